The molecule has 1 aromatic carbocycles. The minimum Gasteiger partial charge on any atom is -0.465 e. The molecule has 1 N–H and O–H groups in total. The fourth-order valence-corrected chi connectivity index (χ4v) is 3.74. The summed E-state index contributed by atoms with van der Waals surface area (Å²) in [5, 5.41) is 3.54. The maximum absolute atomic E-state index is 12.1. The van der Waals surface area contributed by atoms with Crippen molar-refractivity contribution in [3.63, 3.8) is 0 Å². The molecular formula is C18H20N2O3S. The number of ether oxygens (including phenoxy) is 1. The Morgan fingerprint density at radius 1 is 1.25 bits per heavy atom. The first-order valence-electron chi connectivity index (χ1n) is 8.13. The van der Waals surface area contributed by atoms with Crippen LogP contribution < -0.4 is 5.32 Å². The van der Waals surface area contributed by atoms with E-state index in [1.54, 1.807) is 24.3 Å². The largest absolute Gasteiger partial charge is 0.465 e. The van der Waals surface area contributed by atoms with E-state index in [0.29, 0.717) is 21.7 Å². The van der Waals surface area contributed by atoms with Crippen molar-refractivity contribution < 1.29 is 14.3 Å². The number of aliphatic imine (C=N–C) groups is 1. The highest BCUT2D eigenvalue weighted by Gasteiger charge is 2.25. The first kappa shape index (κ1) is 16.8. The van der Waals surface area contributed by atoms with Crippen LogP contribution in [0.5, 0.6) is 0 Å². The van der Waals surface area contributed by atoms with Crippen molar-refractivity contribution >= 4 is 34.9 Å². The smallest absolute Gasteiger partial charge is 0.337 e. The second-order valence-corrected chi connectivity index (χ2v) is 6.94. The Morgan fingerprint density at radius 3 is 2.62 bits per heavy atom. The molecule has 24 heavy (non-hydrogen) atoms. The number of carbonyl (C=O) groups excluding carboxylic acids is 2. The third-order valence-corrected chi connectivity index (χ3v) is 5.08. The van der Waals surface area contributed by atoms with Gasteiger partial charge in [0.2, 0.25) is 0 Å². The number of thioether (sulfide) groups is 1. The first-order valence-corrected chi connectivity index (χ1v) is 8.94. The van der Waals surface area contributed by atoms with Gasteiger partial charge in [0.25, 0.3) is 5.91 Å². The number of esters is 1. The van der Waals surface area contributed by atoms with Gasteiger partial charge in [0, 0.05) is 0 Å². The van der Waals surface area contributed by atoms with Crippen molar-refractivity contribution in [1.82, 2.24) is 5.32 Å². The van der Waals surface area contributed by atoms with Gasteiger partial charge in [-0.05, 0) is 48.4 Å². The predicted octanol–water partition coefficient (Wildman–Crippen LogP) is 3.37. The van der Waals surface area contributed by atoms with Crippen LogP contribution in [0.2, 0.25) is 0 Å². The van der Waals surface area contributed by atoms with Crippen LogP contribution in [0.4, 0.5) is 0 Å². The number of benzene rings is 1. The molecule has 1 aliphatic carbocycles. The molecule has 0 spiro atoms. The van der Waals surface area contributed by atoms with E-state index in [2.05, 4.69) is 15.0 Å². The molecule has 1 aromatic rings. The molecule has 1 saturated carbocycles. The summed E-state index contributed by atoms with van der Waals surface area (Å²) >= 11 is 1.38. The Morgan fingerprint density at radius 2 is 1.96 bits per heavy atom. The quantitative estimate of drug-likeness (QED) is 0.674. The van der Waals surface area contributed by atoms with Crippen LogP contribution in [0.1, 0.15) is 48.0 Å². The molecular weight excluding hydrogens is 324 g/mol. The Bertz CT molecular complexity index is 689. The average molecular weight is 344 g/mol. The van der Waals surface area contributed by atoms with E-state index >= 15 is 0 Å². The maximum Gasteiger partial charge on any atom is 0.337 e. The molecule has 0 aromatic heterocycles. The van der Waals surface area contributed by atoms with E-state index in [9.17, 15) is 9.59 Å². The minimum atomic E-state index is -0.371. The van der Waals surface area contributed by atoms with Crippen molar-refractivity contribution in [2.75, 3.05) is 7.11 Å². The zero-order valence-electron chi connectivity index (χ0n) is 13.6. The second-order valence-electron chi connectivity index (χ2n) is 5.90. The fraction of sp³-hybridized carbons (Fsp3) is 0.389. The molecule has 2 fully saturated rings. The lowest BCUT2D eigenvalue weighted by Gasteiger charge is -2.17. The Kier molecular flexibility index (Phi) is 5.35. The Labute approximate surface area is 145 Å². The number of amides is 1. The number of carbonyl (C=O) groups is 2. The summed E-state index contributed by atoms with van der Waals surface area (Å²) in [6, 6.07) is 7.30. The zero-order chi connectivity index (χ0) is 16.9. The van der Waals surface area contributed by atoms with E-state index in [1.807, 2.05) is 6.08 Å². The van der Waals surface area contributed by atoms with E-state index in [0.717, 1.165) is 18.4 Å². The molecule has 0 radical (unpaired) electrons. The number of hydrogen-bond acceptors (Lipinski definition) is 5. The summed E-state index contributed by atoms with van der Waals surface area (Å²) in [4.78, 5) is 28.8. The van der Waals surface area contributed by atoms with Gasteiger partial charge >= 0.3 is 5.97 Å². The van der Waals surface area contributed by atoms with Gasteiger partial charge in [-0.3, -0.25) is 9.79 Å². The standard InChI is InChI=1S/C18H20N2O3S/c1-23-17(22)13-9-7-12(8-10-13)11-15-16(21)20-18(24-15)19-14-5-3-2-4-6-14/h7-11,14H,2-6H2,1H3,(H,19,20,21). The van der Waals surface area contributed by atoms with Crippen LogP contribution in [0.15, 0.2) is 34.2 Å². The minimum absolute atomic E-state index is 0.119. The molecule has 3 rings (SSSR count). The topological polar surface area (TPSA) is 67.8 Å². The summed E-state index contributed by atoms with van der Waals surface area (Å²) in [6.07, 6.45) is 7.74. The molecule has 0 unspecified atom stereocenters. The number of rotatable bonds is 3. The maximum atomic E-state index is 12.1. The lowest BCUT2D eigenvalue weighted by atomic mass is 9.96. The van der Waals surface area contributed by atoms with Crippen molar-refractivity contribution in [2.24, 2.45) is 4.99 Å². The van der Waals surface area contributed by atoms with E-state index in [4.69, 9.17) is 0 Å². The summed E-state index contributed by atoms with van der Waals surface area (Å²) in [6.45, 7) is 0. The van der Waals surface area contributed by atoms with E-state index in [1.165, 1.54) is 38.1 Å². The van der Waals surface area contributed by atoms with Gasteiger partial charge in [0.1, 0.15) is 0 Å². The summed E-state index contributed by atoms with van der Waals surface area (Å²) in [5.74, 6) is -0.490. The molecule has 2 aliphatic rings. The van der Waals surface area contributed by atoms with Gasteiger partial charge in [-0.2, -0.15) is 0 Å². The monoisotopic (exact) mass is 344 g/mol. The highest BCUT2D eigenvalue weighted by atomic mass is 32.2. The lowest BCUT2D eigenvalue weighted by Crippen LogP contribution is -2.22. The highest BCUT2D eigenvalue weighted by Crippen LogP contribution is 2.28. The van der Waals surface area contributed by atoms with Gasteiger partial charge in [0.05, 0.1) is 23.6 Å². The molecule has 0 atom stereocenters. The Hall–Kier alpha value is -2.08. The second kappa shape index (κ2) is 7.66. The van der Waals surface area contributed by atoms with Crippen LogP contribution in [0.3, 0.4) is 0 Å². The molecule has 1 amide bonds. The summed E-state index contributed by atoms with van der Waals surface area (Å²) < 4.78 is 4.67. The first-order chi connectivity index (χ1) is 11.7. The number of amidine groups is 1. The zero-order valence-corrected chi connectivity index (χ0v) is 14.4. The fourth-order valence-electron chi connectivity index (χ4n) is 2.85. The average Bonchev–Trinajstić information content (AvgIpc) is 2.95. The van der Waals surface area contributed by atoms with Crippen molar-refractivity contribution in [2.45, 2.75) is 38.1 Å². The molecule has 6 heteroatoms. The van der Waals surface area contributed by atoms with Crippen LogP contribution in [-0.4, -0.2) is 30.2 Å². The molecule has 1 heterocycles. The van der Waals surface area contributed by atoms with Gasteiger partial charge in [-0.15, -0.1) is 0 Å². The number of methoxy groups -OCH3 is 1. The normalized spacial score (nSPS) is 22.0. The number of hydrogen-bond donors (Lipinski definition) is 1. The lowest BCUT2D eigenvalue weighted by molar-refractivity contribution is -0.115. The highest BCUT2D eigenvalue weighted by molar-refractivity contribution is 8.18. The van der Waals surface area contributed by atoms with Crippen LogP contribution in [0.25, 0.3) is 6.08 Å². The van der Waals surface area contributed by atoms with E-state index < -0.39 is 0 Å². The van der Waals surface area contributed by atoms with Crippen LogP contribution >= 0.6 is 11.8 Å². The predicted molar refractivity (Wildman–Crippen MR) is 95.8 cm³/mol. The number of nitrogens with zero attached hydrogens (tertiary/aromatic N) is 1. The van der Waals surface area contributed by atoms with Gasteiger partial charge in [-0.25, -0.2) is 4.79 Å². The summed E-state index contributed by atoms with van der Waals surface area (Å²) in [7, 11) is 1.35. The molecule has 5 nitrogen and oxygen atoms in total. The SMILES string of the molecule is COC(=O)c1ccc(C=C2SC(=NC3CCCCC3)NC2=O)cc1. The molecule has 126 valence electrons. The summed E-state index contributed by atoms with van der Waals surface area (Å²) in [5.41, 5.74) is 1.35. The van der Waals surface area contributed by atoms with Crippen molar-refractivity contribution in [1.29, 1.82) is 0 Å². The molecule has 1 aliphatic heterocycles. The van der Waals surface area contributed by atoms with Crippen LogP contribution in [-0.2, 0) is 9.53 Å². The third kappa shape index (κ3) is 4.06. The van der Waals surface area contributed by atoms with E-state index in [-0.39, 0.29) is 11.9 Å². The van der Waals surface area contributed by atoms with Crippen LogP contribution in [0, 0.1) is 0 Å². The molecule has 0 bridgehead atoms. The number of nitrogens with one attached hydrogen (secondary N) is 1. The van der Waals surface area contributed by atoms with Gasteiger partial charge in [0.15, 0.2) is 5.17 Å². The molecule has 1 saturated heterocycles. The van der Waals surface area contributed by atoms with Gasteiger partial charge in [-0.1, -0.05) is 31.4 Å². The van der Waals surface area contributed by atoms with Crippen molar-refractivity contribution in [3.8, 4) is 0 Å². The Balaban J connectivity index is 1.70. The van der Waals surface area contributed by atoms with Crippen molar-refractivity contribution in [3.05, 3.63) is 40.3 Å². The third-order valence-electron chi connectivity index (χ3n) is 4.15. The van der Waals surface area contributed by atoms with Gasteiger partial charge < -0.3 is 10.1 Å².